The highest BCUT2D eigenvalue weighted by Crippen LogP contribution is 2.17. The second-order valence-electron chi connectivity index (χ2n) is 3.96. The van der Waals surface area contributed by atoms with Gasteiger partial charge in [-0.15, -0.1) is 0 Å². The van der Waals surface area contributed by atoms with Crippen LogP contribution in [0.5, 0.6) is 5.75 Å². The number of H-pyrrole nitrogens is 2. The second kappa shape index (κ2) is 6.15. The van der Waals surface area contributed by atoms with Crippen molar-refractivity contribution in [2.24, 2.45) is 0 Å². The number of aromatic nitrogens is 3. The number of pyridine rings is 1. The van der Waals surface area contributed by atoms with Gasteiger partial charge in [0.15, 0.2) is 4.77 Å². The molecule has 5 heteroatoms. The van der Waals surface area contributed by atoms with Crippen LogP contribution >= 0.6 is 12.2 Å². The van der Waals surface area contributed by atoms with Crippen molar-refractivity contribution >= 4 is 23.3 Å². The number of fused-ring (bicyclic) bond motifs is 1. The molecule has 3 aromatic rings. The Kier molecular flexibility index (Phi) is 4.30. The molecule has 0 saturated carbocycles. The Labute approximate surface area is 116 Å². The predicted molar refractivity (Wildman–Crippen MR) is 79.0 cm³/mol. The fourth-order valence-electron chi connectivity index (χ4n) is 1.59. The molecule has 0 saturated heterocycles. The van der Waals surface area contributed by atoms with Crippen molar-refractivity contribution in [2.45, 2.75) is 6.92 Å². The van der Waals surface area contributed by atoms with Gasteiger partial charge in [0.2, 0.25) is 0 Å². The molecule has 0 unspecified atom stereocenters. The number of rotatable bonds is 1. The lowest BCUT2D eigenvalue weighted by molar-refractivity contribution is 0.415. The molecular weight excluding hydrogens is 258 g/mol. The third kappa shape index (κ3) is 3.66. The van der Waals surface area contributed by atoms with Crippen molar-refractivity contribution < 1.29 is 4.74 Å². The summed E-state index contributed by atoms with van der Waals surface area (Å²) in [4.78, 5) is 10.0. The van der Waals surface area contributed by atoms with Gasteiger partial charge >= 0.3 is 0 Å². The highest BCUT2D eigenvalue weighted by Gasteiger charge is 1.96. The summed E-state index contributed by atoms with van der Waals surface area (Å²) in [5.41, 5.74) is 3.04. The van der Waals surface area contributed by atoms with Crippen molar-refractivity contribution in [1.82, 2.24) is 15.0 Å². The zero-order valence-corrected chi connectivity index (χ0v) is 11.6. The molecule has 0 bridgehead atoms. The first kappa shape index (κ1) is 13.3. The van der Waals surface area contributed by atoms with Gasteiger partial charge in [-0.2, -0.15) is 0 Å². The molecule has 0 aliphatic carbocycles. The van der Waals surface area contributed by atoms with Crippen molar-refractivity contribution in [3.8, 4) is 5.75 Å². The minimum atomic E-state index is 0.637. The fourth-order valence-corrected chi connectivity index (χ4v) is 1.81. The molecule has 1 aromatic carbocycles. The number of hydrogen-bond donors (Lipinski definition) is 2. The normalized spacial score (nSPS) is 9.79. The lowest BCUT2D eigenvalue weighted by Crippen LogP contribution is -1.80. The summed E-state index contributed by atoms with van der Waals surface area (Å²) >= 11 is 4.94. The third-order valence-electron chi connectivity index (χ3n) is 2.54. The smallest absolute Gasteiger partial charge is 0.175 e. The molecule has 3 rings (SSSR count). The van der Waals surface area contributed by atoms with Gasteiger partial charge in [0.05, 0.1) is 18.1 Å². The molecule has 0 radical (unpaired) electrons. The van der Waals surface area contributed by atoms with E-state index >= 15 is 0 Å². The first-order chi connectivity index (χ1) is 9.19. The van der Waals surface area contributed by atoms with Crippen LogP contribution in [0.25, 0.3) is 11.0 Å². The topological polar surface area (TPSA) is 53.7 Å². The summed E-state index contributed by atoms with van der Waals surface area (Å²) in [5.74, 6) is 0.827. The molecule has 2 aromatic heterocycles. The maximum Gasteiger partial charge on any atom is 0.175 e. The number of benzene rings is 1. The van der Waals surface area contributed by atoms with Crippen LogP contribution in [0.4, 0.5) is 0 Å². The average Bonchev–Trinajstić information content (AvgIpc) is 2.79. The maximum atomic E-state index is 5.06. The zero-order chi connectivity index (χ0) is 13.7. The van der Waals surface area contributed by atoms with Crippen LogP contribution in [0, 0.1) is 11.7 Å². The lowest BCUT2D eigenvalue weighted by atomic mass is 10.3. The summed E-state index contributed by atoms with van der Waals surface area (Å²) in [6.45, 7) is 1.97. The van der Waals surface area contributed by atoms with E-state index in [1.54, 1.807) is 13.3 Å². The van der Waals surface area contributed by atoms with Crippen molar-refractivity contribution in [1.29, 1.82) is 0 Å². The number of hydrogen-bond acceptors (Lipinski definition) is 3. The van der Waals surface area contributed by atoms with Gasteiger partial charge in [-0.3, -0.25) is 4.98 Å². The van der Waals surface area contributed by atoms with Gasteiger partial charge in [-0.25, -0.2) is 0 Å². The predicted octanol–water partition coefficient (Wildman–Crippen LogP) is 3.62. The van der Waals surface area contributed by atoms with Crippen molar-refractivity contribution in [3.05, 3.63) is 53.1 Å². The molecule has 98 valence electrons. The number of imidazole rings is 1. The molecule has 4 nitrogen and oxygen atoms in total. The van der Waals surface area contributed by atoms with E-state index in [1.807, 2.05) is 43.3 Å². The summed E-state index contributed by atoms with van der Waals surface area (Å²) in [7, 11) is 1.64. The minimum absolute atomic E-state index is 0.637. The van der Waals surface area contributed by atoms with Crippen LogP contribution < -0.4 is 4.74 Å². The SMILES string of the molecule is COc1ccc2[nH]c(=S)[nH]c2c1.Cc1ccccn1. The molecule has 2 heterocycles. The van der Waals surface area contributed by atoms with Crippen LogP contribution in [-0.4, -0.2) is 22.1 Å². The van der Waals surface area contributed by atoms with Gasteiger partial charge in [-0.1, -0.05) is 6.07 Å². The molecule has 0 amide bonds. The van der Waals surface area contributed by atoms with E-state index in [1.165, 1.54) is 0 Å². The number of aryl methyl sites for hydroxylation is 1. The van der Waals surface area contributed by atoms with E-state index < -0.39 is 0 Å². The number of methoxy groups -OCH3 is 1. The Balaban J connectivity index is 0.000000163. The van der Waals surface area contributed by atoms with Crippen LogP contribution in [0.1, 0.15) is 5.69 Å². The number of aromatic amines is 2. The summed E-state index contributed by atoms with van der Waals surface area (Å²) in [6, 6.07) is 11.6. The lowest BCUT2D eigenvalue weighted by Gasteiger charge is -1.96. The molecule has 0 fully saturated rings. The molecule has 2 N–H and O–H groups in total. The van der Waals surface area contributed by atoms with E-state index in [2.05, 4.69) is 15.0 Å². The standard InChI is InChI=1S/C8H8N2OS.C6H7N/c1-11-5-2-3-6-7(4-5)10-8(12)9-6;1-6-4-2-3-5-7-6/h2-4H,1H3,(H2,9,10,12);2-5H,1H3. The highest BCUT2D eigenvalue weighted by atomic mass is 32.1. The zero-order valence-electron chi connectivity index (χ0n) is 10.8. The van der Waals surface area contributed by atoms with E-state index in [0.29, 0.717) is 4.77 Å². The van der Waals surface area contributed by atoms with E-state index in [0.717, 1.165) is 22.5 Å². The average molecular weight is 273 g/mol. The largest absolute Gasteiger partial charge is 0.497 e. The van der Waals surface area contributed by atoms with Crippen LogP contribution in [-0.2, 0) is 0 Å². The van der Waals surface area contributed by atoms with Gasteiger partial charge in [0.1, 0.15) is 5.75 Å². The molecule has 0 aliphatic rings. The van der Waals surface area contributed by atoms with Crippen LogP contribution in [0.3, 0.4) is 0 Å². The first-order valence-electron chi connectivity index (χ1n) is 5.83. The van der Waals surface area contributed by atoms with Gasteiger partial charge in [0, 0.05) is 18.0 Å². The Bertz CT molecular complexity index is 703. The number of nitrogens with one attached hydrogen (secondary N) is 2. The summed E-state index contributed by atoms with van der Waals surface area (Å²) in [6.07, 6.45) is 1.79. The Morgan fingerprint density at radius 2 is 1.89 bits per heavy atom. The Hall–Kier alpha value is -2.14. The molecule has 0 spiro atoms. The van der Waals surface area contributed by atoms with Crippen LogP contribution in [0.15, 0.2) is 42.6 Å². The maximum absolute atomic E-state index is 5.06. The van der Waals surface area contributed by atoms with Crippen molar-refractivity contribution in [3.63, 3.8) is 0 Å². The van der Waals surface area contributed by atoms with E-state index in [9.17, 15) is 0 Å². The Morgan fingerprint density at radius 3 is 2.47 bits per heavy atom. The molecule has 19 heavy (non-hydrogen) atoms. The van der Waals surface area contributed by atoms with Crippen LogP contribution in [0.2, 0.25) is 0 Å². The number of nitrogens with zero attached hydrogens (tertiary/aromatic N) is 1. The molecule has 0 aliphatic heterocycles. The highest BCUT2D eigenvalue weighted by molar-refractivity contribution is 7.71. The number of ether oxygens (including phenoxy) is 1. The van der Waals surface area contributed by atoms with E-state index in [4.69, 9.17) is 17.0 Å². The van der Waals surface area contributed by atoms with Gasteiger partial charge in [0.25, 0.3) is 0 Å². The van der Waals surface area contributed by atoms with Gasteiger partial charge < -0.3 is 14.7 Å². The quantitative estimate of drug-likeness (QED) is 0.666. The fraction of sp³-hybridized carbons (Fsp3) is 0.143. The first-order valence-corrected chi connectivity index (χ1v) is 6.23. The molecule has 0 atom stereocenters. The summed E-state index contributed by atoms with van der Waals surface area (Å²) in [5, 5.41) is 0. The second-order valence-corrected chi connectivity index (χ2v) is 4.37. The van der Waals surface area contributed by atoms with E-state index in [-0.39, 0.29) is 0 Å². The van der Waals surface area contributed by atoms with Crippen molar-refractivity contribution in [2.75, 3.05) is 7.11 Å². The van der Waals surface area contributed by atoms with Gasteiger partial charge in [-0.05, 0) is 43.4 Å². The minimum Gasteiger partial charge on any atom is -0.497 e. The Morgan fingerprint density at radius 1 is 1.11 bits per heavy atom. The monoisotopic (exact) mass is 273 g/mol. The third-order valence-corrected chi connectivity index (χ3v) is 2.74. The summed E-state index contributed by atoms with van der Waals surface area (Å²) < 4.78 is 5.70. The molecular formula is C14H15N3OS.